The fraction of sp³-hybridized carbons (Fsp3) is 0.600. The molecule has 0 bridgehead atoms. The molecule has 0 saturated heterocycles. The molecule has 0 spiro atoms. The number of hydrogen-bond donors (Lipinski definition) is 1. The van der Waals surface area contributed by atoms with Crippen LogP contribution in [0.25, 0.3) is 0 Å². The van der Waals surface area contributed by atoms with Gasteiger partial charge >= 0.3 is 5.69 Å². The van der Waals surface area contributed by atoms with Gasteiger partial charge in [-0.1, -0.05) is 26.8 Å². The van der Waals surface area contributed by atoms with E-state index in [1.807, 2.05) is 13.8 Å². The number of hydrogen-bond acceptors (Lipinski definition) is 4. The third kappa shape index (κ3) is 4.72. The first-order valence-corrected chi connectivity index (χ1v) is 7.13. The van der Waals surface area contributed by atoms with Crippen LogP contribution in [0.15, 0.2) is 18.2 Å². The second-order valence-electron chi connectivity index (χ2n) is 5.39. The van der Waals surface area contributed by atoms with E-state index in [0.29, 0.717) is 23.9 Å². The Bertz CT molecular complexity index is 447. The fourth-order valence-electron chi connectivity index (χ4n) is 2.14. The largest absolute Gasteiger partial charge is 0.484 e. The Hall–Kier alpha value is -1.78. The van der Waals surface area contributed by atoms with Crippen LogP contribution >= 0.6 is 0 Å². The number of nitro groups is 1. The van der Waals surface area contributed by atoms with Gasteiger partial charge in [-0.3, -0.25) is 10.1 Å². The second kappa shape index (κ2) is 7.72. The highest BCUT2D eigenvalue weighted by atomic mass is 16.6. The first kappa shape index (κ1) is 16.3. The Balaban J connectivity index is 2.97. The summed E-state index contributed by atoms with van der Waals surface area (Å²) in [6.07, 6.45) is 1.73. The highest BCUT2D eigenvalue weighted by molar-refractivity contribution is 5.68. The molecule has 20 heavy (non-hydrogen) atoms. The molecule has 0 aliphatic carbocycles. The first-order chi connectivity index (χ1) is 9.45. The van der Waals surface area contributed by atoms with E-state index in [9.17, 15) is 10.1 Å². The molecule has 0 amide bonds. The van der Waals surface area contributed by atoms with Crippen LogP contribution in [0.5, 0.6) is 5.75 Å². The van der Waals surface area contributed by atoms with Crippen molar-refractivity contribution in [3.63, 3.8) is 0 Å². The summed E-state index contributed by atoms with van der Waals surface area (Å²) in [7, 11) is 0. The third-order valence-corrected chi connectivity index (χ3v) is 2.88. The van der Waals surface area contributed by atoms with Gasteiger partial charge in [0.25, 0.3) is 0 Å². The molecule has 0 radical (unpaired) electrons. The quantitative estimate of drug-likeness (QED) is 0.571. The van der Waals surface area contributed by atoms with Crippen LogP contribution in [0, 0.1) is 16.0 Å². The molecule has 1 rings (SSSR count). The second-order valence-corrected chi connectivity index (χ2v) is 5.39. The highest BCUT2D eigenvalue weighted by Gasteiger charge is 2.22. The van der Waals surface area contributed by atoms with Crippen molar-refractivity contribution in [1.82, 2.24) is 0 Å². The molecule has 1 aromatic carbocycles. The van der Waals surface area contributed by atoms with Gasteiger partial charge in [0.1, 0.15) is 5.69 Å². The molecule has 1 atom stereocenters. The summed E-state index contributed by atoms with van der Waals surface area (Å²) in [6.45, 7) is 8.87. The highest BCUT2D eigenvalue weighted by Crippen LogP contribution is 2.35. The van der Waals surface area contributed by atoms with Gasteiger partial charge in [0, 0.05) is 6.54 Å². The predicted molar refractivity (Wildman–Crippen MR) is 81.4 cm³/mol. The number of para-hydroxylation sites is 1. The molecule has 1 aromatic rings. The Morgan fingerprint density at radius 2 is 2.05 bits per heavy atom. The van der Waals surface area contributed by atoms with Crippen LogP contribution in [0.2, 0.25) is 0 Å². The zero-order valence-electron chi connectivity index (χ0n) is 12.7. The lowest BCUT2D eigenvalue weighted by molar-refractivity contribution is -0.385. The summed E-state index contributed by atoms with van der Waals surface area (Å²) >= 11 is 0. The molecule has 0 aliphatic rings. The maximum atomic E-state index is 11.3. The smallest absolute Gasteiger partial charge is 0.333 e. The van der Waals surface area contributed by atoms with E-state index in [1.165, 1.54) is 0 Å². The molecule has 112 valence electrons. The Kier molecular flexibility index (Phi) is 6.28. The Labute approximate surface area is 120 Å². The molecule has 5 nitrogen and oxygen atoms in total. The van der Waals surface area contributed by atoms with Gasteiger partial charge in [-0.15, -0.1) is 0 Å². The van der Waals surface area contributed by atoms with E-state index in [2.05, 4.69) is 19.2 Å². The third-order valence-electron chi connectivity index (χ3n) is 2.88. The molecule has 0 aromatic heterocycles. The summed E-state index contributed by atoms with van der Waals surface area (Å²) in [5, 5.41) is 14.4. The first-order valence-electron chi connectivity index (χ1n) is 7.13. The summed E-state index contributed by atoms with van der Waals surface area (Å²) in [5.41, 5.74) is 0.544. The maximum absolute atomic E-state index is 11.3. The Morgan fingerprint density at radius 3 is 2.60 bits per heavy atom. The zero-order chi connectivity index (χ0) is 15.1. The van der Waals surface area contributed by atoms with Gasteiger partial charge in [0.15, 0.2) is 5.75 Å². The van der Waals surface area contributed by atoms with E-state index < -0.39 is 0 Å². The van der Waals surface area contributed by atoms with Gasteiger partial charge in [-0.2, -0.15) is 0 Å². The van der Waals surface area contributed by atoms with Crippen LogP contribution in [0.4, 0.5) is 11.4 Å². The summed E-state index contributed by atoms with van der Waals surface area (Å²) in [5.74, 6) is 0.828. The maximum Gasteiger partial charge on any atom is 0.333 e. The van der Waals surface area contributed by atoms with E-state index >= 15 is 0 Å². The van der Waals surface area contributed by atoms with Crippen molar-refractivity contribution in [2.75, 3.05) is 11.9 Å². The van der Waals surface area contributed by atoms with Crippen molar-refractivity contribution in [1.29, 1.82) is 0 Å². The number of nitro benzene ring substituents is 1. The van der Waals surface area contributed by atoms with E-state index in [1.54, 1.807) is 18.2 Å². The van der Waals surface area contributed by atoms with Gasteiger partial charge in [-0.05, 0) is 37.8 Å². The standard InChI is InChI=1S/C15H24N2O3/c1-5-9-16-13-7-6-8-14(15(13)17(18)19)20-12(4)10-11(2)3/h6-8,11-12,16H,5,9-10H2,1-4H3. The Morgan fingerprint density at radius 1 is 1.35 bits per heavy atom. The molecule has 0 aliphatic heterocycles. The van der Waals surface area contributed by atoms with Gasteiger partial charge < -0.3 is 10.1 Å². The molecule has 0 heterocycles. The lowest BCUT2D eigenvalue weighted by Crippen LogP contribution is -2.15. The van der Waals surface area contributed by atoms with Crippen molar-refractivity contribution in [3.05, 3.63) is 28.3 Å². The molecule has 0 fully saturated rings. The molecule has 1 unspecified atom stereocenters. The number of ether oxygens (including phenoxy) is 1. The zero-order valence-corrected chi connectivity index (χ0v) is 12.7. The minimum atomic E-state index is -0.380. The fourth-order valence-corrected chi connectivity index (χ4v) is 2.14. The molecule has 5 heteroatoms. The number of nitrogens with zero attached hydrogens (tertiary/aromatic N) is 1. The molecule has 1 N–H and O–H groups in total. The summed E-state index contributed by atoms with van der Waals surface area (Å²) < 4.78 is 5.76. The van der Waals surface area contributed by atoms with Crippen LogP contribution in [0.1, 0.15) is 40.5 Å². The minimum Gasteiger partial charge on any atom is -0.484 e. The van der Waals surface area contributed by atoms with Crippen LogP contribution in [0.3, 0.4) is 0 Å². The summed E-state index contributed by atoms with van der Waals surface area (Å²) in [6, 6.07) is 5.16. The van der Waals surface area contributed by atoms with E-state index in [4.69, 9.17) is 4.74 Å². The van der Waals surface area contributed by atoms with Gasteiger partial charge in [-0.25, -0.2) is 0 Å². The molecular weight excluding hydrogens is 256 g/mol. The number of anilines is 1. The van der Waals surface area contributed by atoms with Crippen molar-refractivity contribution < 1.29 is 9.66 Å². The molecule has 0 saturated carbocycles. The van der Waals surface area contributed by atoms with E-state index in [-0.39, 0.29) is 16.7 Å². The summed E-state index contributed by atoms with van der Waals surface area (Å²) in [4.78, 5) is 10.9. The topological polar surface area (TPSA) is 64.4 Å². The number of rotatable bonds is 8. The minimum absolute atomic E-state index is 0.0246. The number of nitrogens with one attached hydrogen (secondary N) is 1. The van der Waals surface area contributed by atoms with Crippen molar-refractivity contribution in [2.24, 2.45) is 5.92 Å². The molecular formula is C15H24N2O3. The SMILES string of the molecule is CCCNc1cccc(OC(C)CC(C)C)c1[N+](=O)[O-]. The van der Waals surface area contributed by atoms with Crippen LogP contribution < -0.4 is 10.1 Å². The van der Waals surface area contributed by atoms with Crippen molar-refractivity contribution >= 4 is 11.4 Å². The number of benzene rings is 1. The lowest BCUT2D eigenvalue weighted by atomic mass is 10.1. The van der Waals surface area contributed by atoms with Crippen LogP contribution in [-0.4, -0.2) is 17.6 Å². The average molecular weight is 280 g/mol. The lowest BCUT2D eigenvalue weighted by Gasteiger charge is -2.17. The monoisotopic (exact) mass is 280 g/mol. The van der Waals surface area contributed by atoms with Crippen molar-refractivity contribution in [2.45, 2.75) is 46.6 Å². The van der Waals surface area contributed by atoms with E-state index in [0.717, 1.165) is 12.8 Å². The van der Waals surface area contributed by atoms with Gasteiger partial charge in [0.2, 0.25) is 0 Å². The normalized spacial score (nSPS) is 12.2. The van der Waals surface area contributed by atoms with Crippen LogP contribution in [-0.2, 0) is 0 Å². The predicted octanol–water partition coefficient (Wildman–Crippen LogP) is 4.23. The average Bonchev–Trinajstić information content (AvgIpc) is 2.34. The van der Waals surface area contributed by atoms with Gasteiger partial charge in [0.05, 0.1) is 11.0 Å². The van der Waals surface area contributed by atoms with Crippen molar-refractivity contribution in [3.8, 4) is 5.75 Å².